The maximum Gasteiger partial charge on any atom is 0.322 e. The number of hydrogen-bond acceptors (Lipinski definition) is 7. The lowest BCUT2D eigenvalue weighted by molar-refractivity contribution is -0.112. The largest absolute Gasteiger partial charge is 0.421 e. The van der Waals surface area contributed by atoms with Crippen molar-refractivity contribution < 1.29 is 18.3 Å². The Morgan fingerprint density at radius 1 is 1.05 bits per heavy atom. The van der Waals surface area contributed by atoms with Crippen LogP contribution in [0.15, 0.2) is 67.1 Å². The van der Waals surface area contributed by atoms with Gasteiger partial charge in [-0.05, 0) is 49.7 Å². The van der Waals surface area contributed by atoms with E-state index in [1.807, 2.05) is 0 Å². The van der Waals surface area contributed by atoms with Crippen molar-refractivity contribution in [2.24, 2.45) is 7.05 Å². The number of carbonyl (C=O) groups excluding carboxylic acids is 1. The Morgan fingerprint density at radius 3 is 2.49 bits per heavy atom. The molecule has 0 spiro atoms. The van der Waals surface area contributed by atoms with Crippen LogP contribution in [0, 0.1) is 18.6 Å². The maximum absolute atomic E-state index is 15.7. The van der Waals surface area contributed by atoms with Gasteiger partial charge in [0.2, 0.25) is 5.82 Å². The molecule has 2 aromatic carbocycles. The van der Waals surface area contributed by atoms with Crippen molar-refractivity contribution in [3.05, 3.63) is 84.5 Å². The Balaban J connectivity index is 1.66. The summed E-state index contributed by atoms with van der Waals surface area (Å²) in [6.45, 7) is 6.96. The summed E-state index contributed by atoms with van der Waals surface area (Å²) < 4.78 is 38.2. The molecule has 196 valence electrons. The van der Waals surface area contributed by atoms with Crippen molar-refractivity contribution >= 4 is 28.4 Å². The first-order valence-electron chi connectivity index (χ1n) is 11.8. The topological polar surface area (TPSA) is 121 Å². The predicted molar refractivity (Wildman–Crippen MR) is 144 cm³/mol. The molecular weight excluding hydrogens is 504 g/mol. The van der Waals surface area contributed by atoms with E-state index in [-0.39, 0.29) is 29.0 Å². The number of halogens is 2. The molecule has 5 aromatic rings. The average Bonchev–Trinajstić information content (AvgIpc) is 3.20. The van der Waals surface area contributed by atoms with Crippen LogP contribution < -0.4 is 15.8 Å². The van der Waals surface area contributed by atoms with Crippen LogP contribution in [-0.4, -0.2) is 30.4 Å². The van der Waals surface area contributed by atoms with Crippen molar-refractivity contribution in [1.29, 1.82) is 0 Å². The quantitative estimate of drug-likeness (QED) is 0.277. The van der Waals surface area contributed by atoms with E-state index in [2.05, 4.69) is 31.8 Å². The van der Waals surface area contributed by atoms with Crippen LogP contribution in [0.3, 0.4) is 0 Å². The lowest BCUT2D eigenvalue weighted by atomic mass is 9.97. The zero-order valence-electron chi connectivity index (χ0n) is 21.3. The number of amides is 1. The molecule has 0 saturated heterocycles. The van der Waals surface area contributed by atoms with Gasteiger partial charge in [-0.1, -0.05) is 18.7 Å². The smallest absolute Gasteiger partial charge is 0.322 e. The van der Waals surface area contributed by atoms with Gasteiger partial charge in [-0.3, -0.25) is 4.79 Å². The lowest BCUT2D eigenvalue weighted by Gasteiger charge is -2.13. The fourth-order valence-electron chi connectivity index (χ4n) is 4.20. The van der Waals surface area contributed by atoms with Gasteiger partial charge in [-0.25, -0.2) is 24.3 Å². The number of rotatable bonds is 6. The molecule has 0 aliphatic carbocycles. The molecule has 0 radical (unpaired) electrons. The minimum Gasteiger partial charge on any atom is -0.421 e. The number of nitrogens with two attached hydrogens (primary N) is 1. The van der Waals surface area contributed by atoms with Gasteiger partial charge in [0.1, 0.15) is 17.8 Å². The molecule has 0 aliphatic heterocycles. The highest BCUT2D eigenvalue weighted by Crippen LogP contribution is 2.44. The van der Waals surface area contributed by atoms with Crippen molar-refractivity contribution in [2.45, 2.75) is 13.8 Å². The first-order valence-corrected chi connectivity index (χ1v) is 11.8. The van der Waals surface area contributed by atoms with E-state index in [4.69, 9.17) is 10.5 Å². The fraction of sp³-hybridized carbons (Fsp3) is 0.107. The number of nitrogen functional groups attached to an aromatic ring is 1. The van der Waals surface area contributed by atoms with Crippen molar-refractivity contribution in [1.82, 2.24) is 24.5 Å². The number of aromatic nitrogens is 5. The molecule has 3 aromatic heterocycles. The van der Waals surface area contributed by atoms with Crippen LogP contribution in [0.25, 0.3) is 33.4 Å². The number of nitrogens with one attached hydrogen (secondary N) is 1. The number of carbonyl (C=O) groups is 1. The summed E-state index contributed by atoms with van der Waals surface area (Å²) in [4.78, 5) is 28.4. The second-order valence-electron chi connectivity index (χ2n) is 8.87. The zero-order chi connectivity index (χ0) is 27.8. The third-order valence-electron chi connectivity index (χ3n) is 6.09. The number of ether oxygens (including phenoxy) is 1. The lowest BCUT2D eigenvalue weighted by Crippen LogP contribution is -2.11. The Kier molecular flexibility index (Phi) is 6.48. The summed E-state index contributed by atoms with van der Waals surface area (Å²) in [5, 5.41) is 3.11. The van der Waals surface area contributed by atoms with Gasteiger partial charge in [0.15, 0.2) is 11.6 Å². The van der Waals surface area contributed by atoms with E-state index in [9.17, 15) is 4.79 Å². The molecule has 0 aliphatic rings. The normalized spacial score (nSPS) is 11.0. The third kappa shape index (κ3) is 4.65. The van der Waals surface area contributed by atoms with E-state index in [0.29, 0.717) is 44.8 Å². The molecule has 11 heteroatoms. The predicted octanol–water partition coefficient (Wildman–Crippen LogP) is 5.57. The number of anilines is 2. The highest BCUT2D eigenvalue weighted by molar-refractivity contribution is 6.08. The van der Waals surface area contributed by atoms with E-state index < -0.39 is 11.6 Å². The molecule has 3 heterocycles. The minimum atomic E-state index is -1.21. The molecule has 0 bridgehead atoms. The molecule has 9 nitrogen and oxygen atoms in total. The maximum atomic E-state index is 15.7. The third-order valence-corrected chi connectivity index (χ3v) is 6.09. The van der Waals surface area contributed by atoms with Crippen molar-refractivity contribution in [2.75, 3.05) is 11.1 Å². The van der Waals surface area contributed by atoms with Crippen LogP contribution in [0.2, 0.25) is 0 Å². The van der Waals surface area contributed by atoms with Crippen LogP contribution in [0.5, 0.6) is 11.8 Å². The molecule has 3 N–H and O–H groups in total. The van der Waals surface area contributed by atoms with Gasteiger partial charge in [-0.2, -0.15) is 4.39 Å². The molecule has 5 rings (SSSR count). The Bertz CT molecular complexity index is 1760. The van der Waals surface area contributed by atoms with Gasteiger partial charge >= 0.3 is 6.01 Å². The highest BCUT2D eigenvalue weighted by Gasteiger charge is 2.26. The molecular formula is C28H23F2N7O2. The standard InChI is InChI=1S/C28H23F2N7O2/c1-14(2)27(38)36-17-7-5-16(6-8-17)24-20(21-25(31)33-13-34-26(21)37(24)4)18-9-10-19(23(30)22(18)29)39-28-32-12-11-15(3)35-28/h5-13H,1H2,2-4H3,(H,36,38)(H2,31,33,34). The van der Waals surface area contributed by atoms with Crippen LogP contribution in [0.4, 0.5) is 20.3 Å². The number of aryl methyl sites for hydroxylation is 2. The summed E-state index contributed by atoms with van der Waals surface area (Å²) in [6, 6.07) is 11.1. The van der Waals surface area contributed by atoms with E-state index in [1.54, 1.807) is 55.8 Å². The van der Waals surface area contributed by atoms with Gasteiger partial charge in [0.25, 0.3) is 5.91 Å². The second kappa shape index (κ2) is 9.93. The Labute approximate surface area is 222 Å². The number of hydrogen-bond donors (Lipinski definition) is 2. The molecule has 0 fully saturated rings. The fourth-order valence-corrected chi connectivity index (χ4v) is 4.20. The first kappa shape index (κ1) is 25.5. The Morgan fingerprint density at radius 2 is 1.79 bits per heavy atom. The van der Waals surface area contributed by atoms with Gasteiger partial charge in [-0.15, -0.1) is 0 Å². The van der Waals surface area contributed by atoms with Crippen LogP contribution in [-0.2, 0) is 11.8 Å². The minimum absolute atomic E-state index is 0.0632. The SMILES string of the molecule is C=C(C)C(=O)Nc1ccc(-c2c(-c3ccc(Oc4nccc(C)n4)c(F)c3F)c3c(N)ncnc3n2C)cc1. The molecule has 0 unspecified atom stereocenters. The monoisotopic (exact) mass is 527 g/mol. The summed E-state index contributed by atoms with van der Waals surface area (Å²) in [5.41, 5.74) is 9.57. The average molecular weight is 528 g/mol. The van der Waals surface area contributed by atoms with Gasteiger partial charge in [0, 0.05) is 41.3 Å². The Hall–Kier alpha value is -5.19. The molecule has 0 saturated carbocycles. The molecule has 0 atom stereocenters. The molecule has 39 heavy (non-hydrogen) atoms. The van der Waals surface area contributed by atoms with Crippen LogP contribution in [0.1, 0.15) is 12.6 Å². The van der Waals surface area contributed by atoms with E-state index in [1.165, 1.54) is 24.7 Å². The van der Waals surface area contributed by atoms with Gasteiger partial charge in [0.05, 0.1) is 11.1 Å². The van der Waals surface area contributed by atoms with Crippen molar-refractivity contribution in [3.63, 3.8) is 0 Å². The summed E-state index contributed by atoms with van der Waals surface area (Å²) in [5.74, 6) is -2.94. The summed E-state index contributed by atoms with van der Waals surface area (Å²) >= 11 is 0. The first-order chi connectivity index (χ1) is 18.7. The second-order valence-corrected chi connectivity index (χ2v) is 8.87. The van der Waals surface area contributed by atoms with Gasteiger partial charge < -0.3 is 20.4 Å². The number of nitrogens with zero attached hydrogens (tertiary/aromatic N) is 5. The van der Waals surface area contributed by atoms with E-state index >= 15 is 8.78 Å². The van der Waals surface area contributed by atoms with Crippen molar-refractivity contribution in [3.8, 4) is 34.1 Å². The summed E-state index contributed by atoms with van der Waals surface area (Å²) in [7, 11) is 1.74. The zero-order valence-corrected chi connectivity index (χ0v) is 21.3. The number of benzene rings is 2. The highest BCUT2D eigenvalue weighted by atomic mass is 19.2. The van der Waals surface area contributed by atoms with Crippen LogP contribution >= 0.6 is 0 Å². The summed E-state index contributed by atoms with van der Waals surface area (Å²) in [6.07, 6.45) is 2.76. The molecule has 1 amide bonds. The number of fused-ring (bicyclic) bond motifs is 1. The van der Waals surface area contributed by atoms with E-state index in [0.717, 1.165) is 0 Å².